The van der Waals surface area contributed by atoms with Gasteiger partial charge in [-0.05, 0) is 149 Å². The van der Waals surface area contributed by atoms with Crippen molar-refractivity contribution in [3.05, 3.63) is 407 Å². The van der Waals surface area contributed by atoms with E-state index in [0.29, 0.717) is 79.0 Å². The summed E-state index contributed by atoms with van der Waals surface area (Å²) in [5.74, 6) is -2.15. The van der Waals surface area contributed by atoms with E-state index in [1.807, 2.05) is 159 Å². The molecule has 8 heterocycles. The van der Waals surface area contributed by atoms with Gasteiger partial charge in [0.05, 0.1) is 65.3 Å². The fourth-order valence-electron chi connectivity index (χ4n) is 12.0. The number of nitrogens with one attached hydrogen (secondary N) is 5. The Hall–Kier alpha value is -14.3. The van der Waals surface area contributed by atoms with E-state index in [9.17, 15) is 38.7 Å². The van der Waals surface area contributed by atoms with E-state index in [1.54, 1.807) is 112 Å². The Morgan fingerprint density at radius 1 is 0.435 bits per heavy atom. The van der Waals surface area contributed by atoms with Gasteiger partial charge in [0.25, 0.3) is 34.4 Å². The number of aliphatic carboxylic acids is 1. The number of pyridine rings is 6. The predicted molar refractivity (Wildman–Crippen MR) is 417 cm³/mol. The Morgan fingerprint density at radius 2 is 0.852 bits per heavy atom. The van der Waals surface area contributed by atoms with Crippen LogP contribution in [0.1, 0.15) is 121 Å². The Morgan fingerprint density at radius 3 is 1.35 bits per heavy atom. The monoisotopic (exact) mass is 1430 g/mol. The molecule has 6 aromatic carbocycles. The highest BCUT2D eigenvalue weighted by Crippen LogP contribution is 2.26. The van der Waals surface area contributed by atoms with Crippen molar-refractivity contribution in [2.24, 2.45) is 5.73 Å². The number of amides is 3. The number of rotatable bonds is 23. The summed E-state index contributed by atoms with van der Waals surface area (Å²) in [5.41, 5.74) is 23.3. The first-order valence-corrected chi connectivity index (χ1v) is 34.6. The summed E-state index contributed by atoms with van der Waals surface area (Å²) in [6, 6.07) is 62.4. The van der Waals surface area contributed by atoms with Crippen LogP contribution in [0.2, 0.25) is 0 Å². The summed E-state index contributed by atoms with van der Waals surface area (Å²) in [6.45, 7) is 14.1. The molecule has 8 N–H and O–H groups in total. The van der Waals surface area contributed by atoms with E-state index >= 15 is 0 Å². The molecule has 1 atom stereocenters. The zero-order valence-corrected chi connectivity index (χ0v) is 59.2. The normalized spacial score (nSPS) is 11.1. The lowest BCUT2D eigenvalue weighted by atomic mass is 9.98. The number of carbonyl (C=O) groups excluding carboxylic acids is 3. The minimum Gasteiger partial charge on any atom is -0.479 e. The molecule has 8 aromatic heterocycles. The molecule has 0 aliphatic heterocycles. The van der Waals surface area contributed by atoms with Crippen molar-refractivity contribution in [2.45, 2.75) is 65.5 Å². The largest absolute Gasteiger partial charge is 0.479 e. The summed E-state index contributed by atoms with van der Waals surface area (Å²) in [7, 11) is 0. The van der Waals surface area contributed by atoms with Crippen LogP contribution in [0.3, 0.4) is 0 Å². The highest BCUT2D eigenvalue weighted by molar-refractivity contribution is 5.98. The molecule has 108 heavy (non-hydrogen) atoms. The summed E-state index contributed by atoms with van der Waals surface area (Å²) in [4.78, 5) is 99.1. The van der Waals surface area contributed by atoms with Gasteiger partial charge in [0.1, 0.15) is 0 Å². The lowest BCUT2D eigenvalue weighted by molar-refractivity contribution is -0.139. The Bertz CT molecular complexity index is 5800. The molecule has 0 aliphatic carbocycles. The average molecular weight is 1430 g/mol. The quantitative estimate of drug-likeness (QED) is 0.0313. The van der Waals surface area contributed by atoms with Gasteiger partial charge in [0.15, 0.2) is 6.04 Å². The molecule has 0 saturated heterocycles. The van der Waals surface area contributed by atoms with Gasteiger partial charge in [-0.15, -0.1) is 0 Å². The van der Waals surface area contributed by atoms with Gasteiger partial charge >= 0.3 is 5.97 Å². The number of nitrogens with zero attached hydrogens (tertiary/aromatic N) is 8. The van der Waals surface area contributed by atoms with Crippen LogP contribution in [0, 0.1) is 13.8 Å². The van der Waals surface area contributed by atoms with Gasteiger partial charge in [0, 0.05) is 103 Å². The van der Waals surface area contributed by atoms with E-state index < -0.39 is 17.9 Å². The standard InChI is InChI=1S/C29H25N5O4.C29H25N5O2.C28H26N4O2/c1-18-5-10-24-23(12-18)26(33-32-24)27(29(37)38)31-28(36)22-14-21(15-30-16-22)13-19-6-8-20(9-7-19)17-34-11-3-2-4-25(34)35;1-19-6-11-26-25(13-19)27(33-32-26)17-31-29(36)24-14-23(15-30-16-24)20(2)22-9-7-21(8-10-22)18-34-12-4-3-5-28(34)35;1-20(29)25-11-9-22(10-12-25)17-31-28(34)26-15-24(16-30-18-26)14-21-5-7-23(8-6-21)19-32-13-3-2-4-27(32)33/h2-12,14-16,27H,13,17H2,1H3,(H,31,36)(H,32,33)(H,37,38);3-16H,2,17-18H2,1H3,(H,31,36)(H,32,33);2-13,15-16,18H,1,14,17,19,29H2,(H,31,34). The molecule has 0 aliphatic rings. The number of hydrogen-bond acceptors (Lipinski definition) is 13. The third-order valence-electron chi connectivity index (χ3n) is 17.9. The number of aryl methyl sites for hydroxylation is 2. The van der Waals surface area contributed by atoms with E-state index in [1.165, 1.54) is 12.3 Å². The number of aromatic amines is 2. The molecule has 0 bridgehead atoms. The van der Waals surface area contributed by atoms with Gasteiger partial charge in [-0.25, -0.2) is 4.79 Å². The highest BCUT2D eigenvalue weighted by Gasteiger charge is 2.27. The minimum atomic E-state index is -1.30. The Balaban J connectivity index is 0.000000152. The number of carbonyl (C=O) groups is 4. The Labute approximate surface area is 620 Å². The van der Waals surface area contributed by atoms with Crippen LogP contribution in [0.15, 0.2) is 290 Å². The molecular formula is C86H76N14O8. The second-order valence-corrected chi connectivity index (χ2v) is 26.0. The van der Waals surface area contributed by atoms with Gasteiger partial charge in [0.2, 0.25) is 0 Å². The van der Waals surface area contributed by atoms with Crippen LogP contribution in [0.4, 0.5) is 0 Å². The number of aromatic nitrogens is 10. The van der Waals surface area contributed by atoms with Crippen LogP contribution in [0.5, 0.6) is 0 Å². The average Bonchev–Trinajstić information content (AvgIpc) is 1.63. The molecule has 14 aromatic rings. The lowest BCUT2D eigenvalue weighted by Crippen LogP contribution is -2.34. The maximum absolute atomic E-state index is 13.0. The van der Waals surface area contributed by atoms with E-state index in [2.05, 4.69) is 70.5 Å². The van der Waals surface area contributed by atoms with Gasteiger partial charge < -0.3 is 40.5 Å². The van der Waals surface area contributed by atoms with Crippen molar-refractivity contribution in [3.8, 4) is 0 Å². The van der Waals surface area contributed by atoms with Crippen molar-refractivity contribution in [1.82, 2.24) is 65.0 Å². The smallest absolute Gasteiger partial charge is 0.332 e. The summed E-state index contributed by atoms with van der Waals surface area (Å²) in [5, 5.41) is 34.2. The number of carboxylic acids is 1. The first-order chi connectivity index (χ1) is 52.3. The second-order valence-electron chi connectivity index (χ2n) is 26.0. The topological polar surface area (TPSA) is 313 Å². The number of fused-ring (bicyclic) bond motifs is 2. The van der Waals surface area contributed by atoms with Crippen molar-refractivity contribution in [2.75, 3.05) is 0 Å². The number of nitrogens with two attached hydrogens (primary N) is 1. The molecule has 0 spiro atoms. The van der Waals surface area contributed by atoms with Crippen molar-refractivity contribution in [3.63, 3.8) is 0 Å². The van der Waals surface area contributed by atoms with Crippen LogP contribution < -0.4 is 38.4 Å². The van der Waals surface area contributed by atoms with Crippen molar-refractivity contribution >= 4 is 56.8 Å². The molecule has 3 amide bonds. The summed E-state index contributed by atoms with van der Waals surface area (Å²) >= 11 is 0. The highest BCUT2D eigenvalue weighted by atomic mass is 16.4. The van der Waals surface area contributed by atoms with Crippen LogP contribution >= 0.6 is 0 Å². The number of hydrogen-bond donors (Lipinski definition) is 7. The van der Waals surface area contributed by atoms with E-state index in [-0.39, 0.29) is 34.1 Å². The molecule has 1 unspecified atom stereocenters. The maximum atomic E-state index is 13.0. The molecule has 0 radical (unpaired) electrons. The van der Waals surface area contributed by atoms with Crippen LogP contribution in [-0.4, -0.2) is 77.8 Å². The lowest BCUT2D eigenvalue weighted by Gasteiger charge is -2.14. The molecule has 22 heteroatoms. The molecule has 14 rings (SSSR count). The van der Waals surface area contributed by atoms with Crippen molar-refractivity contribution < 1.29 is 24.3 Å². The van der Waals surface area contributed by atoms with Gasteiger partial charge in [-0.3, -0.25) is 53.9 Å². The number of benzene rings is 6. The fourth-order valence-corrected chi connectivity index (χ4v) is 12.0. The Kier molecular flexibility index (Phi) is 23.4. The third-order valence-corrected chi connectivity index (χ3v) is 17.9. The molecule has 0 fully saturated rings. The second kappa shape index (κ2) is 34.3. The number of carboxylic acid groups (broad SMARTS) is 1. The zero-order chi connectivity index (χ0) is 75.6. The SMILES string of the molecule is C=C(N)c1ccc(CNC(=O)c2cncc(Cc3ccc(Cn4ccccc4=O)cc3)c2)cc1.C=C(c1ccc(Cn2ccccc2=O)cc1)c1cncc(C(=O)NCc2[nH]nc3ccc(C)cc23)c1.Cc1ccc2n[nH]c(C(NC(=O)c3cncc(Cc4ccc(Cn5ccccc5=O)cc4)c3)C(=O)O)c2c1. The summed E-state index contributed by atoms with van der Waals surface area (Å²) in [6.07, 6.45) is 16.2. The first kappa shape index (κ1) is 73.5. The summed E-state index contributed by atoms with van der Waals surface area (Å²) < 4.78 is 4.96. The van der Waals surface area contributed by atoms with Crippen molar-refractivity contribution in [1.29, 1.82) is 0 Å². The fraction of sp³-hybridized carbons (Fsp3) is 0.116. The molecular weight excluding hydrogens is 1360 g/mol. The van der Waals surface area contributed by atoms with E-state index in [4.69, 9.17) is 5.73 Å². The van der Waals surface area contributed by atoms with E-state index in [0.717, 1.165) is 94.5 Å². The van der Waals surface area contributed by atoms with Gasteiger partial charge in [-0.1, -0.05) is 152 Å². The van der Waals surface area contributed by atoms with Crippen LogP contribution in [0.25, 0.3) is 33.1 Å². The number of H-pyrrole nitrogens is 2. The predicted octanol–water partition coefficient (Wildman–Crippen LogP) is 11.8. The molecule has 0 saturated carbocycles. The molecule has 538 valence electrons. The third kappa shape index (κ3) is 19.1. The first-order valence-electron chi connectivity index (χ1n) is 34.6. The maximum Gasteiger partial charge on any atom is 0.332 e. The van der Waals surface area contributed by atoms with Crippen LogP contribution in [-0.2, 0) is 50.4 Å². The molecule has 22 nitrogen and oxygen atoms in total. The van der Waals surface area contributed by atoms with Gasteiger partial charge in [-0.2, -0.15) is 10.2 Å². The minimum absolute atomic E-state index is 0.0220. The zero-order valence-electron chi connectivity index (χ0n) is 59.2.